The fourth-order valence-electron chi connectivity index (χ4n) is 2.57. The fraction of sp³-hybridized carbons (Fsp3) is 0.462. The molecule has 102 valence electrons. The topological polar surface area (TPSA) is 89.5 Å². The Morgan fingerprint density at radius 2 is 2.05 bits per heavy atom. The highest BCUT2D eigenvalue weighted by molar-refractivity contribution is 5.78. The number of non-ortho nitro benzene ring substituents is 1. The van der Waals surface area contributed by atoms with Crippen molar-refractivity contribution < 1.29 is 9.72 Å². The van der Waals surface area contributed by atoms with E-state index in [0.717, 1.165) is 5.56 Å². The molecule has 1 aliphatic rings. The van der Waals surface area contributed by atoms with E-state index in [4.69, 9.17) is 5.73 Å². The summed E-state index contributed by atoms with van der Waals surface area (Å²) >= 11 is 0. The van der Waals surface area contributed by atoms with Crippen LogP contribution in [0.4, 0.5) is 5.69 Å². The van der Waals surface area contributed by atoms with Crippen molar-refractivity contribution in [1.29, 1.82) is 0 Å². The van der Waals surface area contributed by atoms with Crippen LogP contribution in [-0.2, 0) is 4.79 Å². The minimum Gasteiger partial charge on any atom is -0.334 e. The van der Waals surface area contributed by atoms with Gasteiger partial charge in [-0.25, -0.2) is 0 Å². The monoisotopic (exact) mass is 263 g/mol. The number of rotatable bonds is 3. The summed E-state index contributed by atoms with van der Waals surface area (Å²) in [5.41, 5.74) is 7.01. The van der Waals surface area contributed by atoms with Crippen LogP contribution in [0.2, 0.25) is 0 Å². The summed E-state index contributed by atoms with van der Waals surface area (Å²) in [6, 6.07) is 5.96. The molecular weight excluding hydrogens is 246 g/mol. The average Bonchev–Trinajstić information content (AvgIpc) is 2.41. The minimum atomic E-state index is -0.437. The van der Waals surface area contributed by atoms with Crippen molar-refractivity contribution in [3.05, 3.63) is 39.9 Å². The Morgan fingerprint density at radius 3 is 2.58 bits per heavy atom. The lowest BCUT2D eigenvalue weighted by Crippen LogP contribution is -2.48. The molecule has 19 heavy (non-hydrogen) atoms. The number of benzene rings is 1. The van der Waals surface area contributed by atoms with Gasteiger partial charge in [0.05, 0.1) is 11.0 Å². The maximum atomic E-state index is 11.9. The Balaban J connectivity index is 2.31. The van der Waals surface area contributed by atoms with E-state index in [1.165, 1.54) is 12.1 Å². The molecule has 1 saturated heterocycles. The predicted octanol–water partition coefficient (Wildman–Crippen LogP) is 1.61. The average molecular weight is 263 g/mol. The number of likely N-dealkylation sites (tertiary alicyclic amines) is 1. The van der Waals surface area contributed by atoms with Gasteiger partial charge in [-0.15, -0.1) is 0 Å². The van der Waals surface area contributed by atoms with Crippen molar-refractivity contribution in [2.75, 3.05) is 6.54 Å². The van der Waals surface area contributed by atoms with Gasteiger partial charge in [0.1, 0.15) is 0 Å². The van der Waals surface area contributed by atoms with E-state index < -0.39 is 4.92 Å². The molecule has 1 aromatic carbocycles. The summed E-state index contributed by atoms with van der Waals surface area (Å²) in [5, 5.41) is 10.6. The number of piperidine rings is 1. The normalized spacial score (nSPS) is 23.5. The number of carbonyl (C=O) groups excluding carboxylic acids is 1. The molecule has 0 aromatic heterocycles. The molecule has 2 N–H and O–H groups in total. The SMILES string of the molecule is CCN1C(=O)CCC(N)C1c1ccc([N+](=O)[O-])cc1. The van der Waals surface area contributed by atoms with Gasteiger partial charge in [0.25, 0.3) is 5.69 Å². The second-order valence-corrected chi connectivity index (χ2v) is 4.68. The molecule has 1 fully saturated rings. The second-order valence-electron chi connectivity index (χ2n) is 4.68. The van der Waals surface area contributed by atoms with Gasteiger partial charge in [-0.3, -0.25) is 14.9 Å². The maximum absolute atomic E-state index is 11.9. The highest BCUT2D eigenvalue weighted by Gasteiger charge is 2.33. The molecule has 2 unspecified atom stereocenters. The quantitative estimate of drug-likeness (QED) is 0.662. The number of amides is 1. The Morgan fingerprint density at radius 1 is 1.42 bits per heavy atom. The largest absolute Gasteiger partial charge is 0.334 e. The highest BCUT2D eigenvalue weighted by Crippen LogP contribution is 2.31. The molecule has 1 aliphatic heterocycles. The van der Waals surface area contributed by atoms with Crippen LogP contribution in [0.15, 0.2) is 24.3 Å². The third kappa shape index (κ3) is 2.58. The zero-order valence-corrected chi connectivity index (χ0v) is 10.8. The van der Waals surface area contributed by atoms with Gasteiger partial charge in [0.2, 0.25) is 5.91 Å². The molecule has 1 amide bonds. The van der Waals surface area contributed by atoms with E-state index in [0.29, 0.717) is 19.4 Å². The van der Waals surface area contributed by atoms with Gasteiger partial charge in [-0.05, 0) is 18.9 Å². The van der Waals surface area contributed by atoms with Gasteiger partial charge in [0, 0.05) is 31.1 Å². The first-order chi connectivity index (χ1) is 9.04. The van der Waals surface area contributed by atoms with E-state index in [1.54, 1.807) is 17.0 Å². The Bertz CT molecular complexity index is 486. The smallest absolute Gasteiger partial charge is 0.269 e. The van der Waals surface area contributed by atoms with Gasteiger partial charge < -0.3 is 10.6 Å². The molecule has 0 saturated carbocycles. The van der Waals surface area contributed by atoms with Crippen molar-refractivity contribution in [2.45, 2.75) is 31.8 Å². The number of nitro groups is 1. The summed E-state index contributed by atoms with van der Waals surface area (Å²) in [4.78, 5) is 23.8. The minimum absolute atomic E-state index is 0.0440. The zero-order chi connectivity index (χ0) is 14.0. The zero-order valence-electron chi connectivity index (χ0n) is 10.8. The van der Waals surface area contributed by atoms with Crippen LogP contribution in [0.3, 0.4) is 0 Å². The van der Waals surface area contributed by atoms with Gasteiger partial charge in [-0.2, -0.15) is 0 Å². The summed E-state index contributed by atoms with van der Waals surface area (Å²) in [5.74, 6) is 0.0903. The van der Waals surface area contributed by atoms with Crippen molar-refractivity contribution in [1.82, 2.24) is 4.90 Å². The molecular formula is C13H17N3O3. The van der Waals surface area contributed by atoms with Gasteiger partial charge in [0.15, 0.2) is 0 Å². The molecule has 0 radical (unpaired) electrons. The molecule has 0 spiro atoms. The first-order valence-electron chi connectivity index (χ1n) is 6.34. The first-order valence-corrected chi connectivity index (χ1v) is 6.34. The number of hydrogen-bond donors (Lipinski definition) is 1. The van der Waals surface area contributed by atoms with E-state index >= 15 is 0 Å². The molecule has 0 bridgehead atoms. The molecule has 1 heterocycles. The summed E-state index contributed by atoms with van der Waals surface area (Å²) in [7, 11) is 0. The third-order valence-electron chi connectivity index (χ3n) is 3.54. The molecule has 6 heteroatoms. The highest BCUT2D eigenvalue weighted by atomic mass is 16.6. The second kappa shape index (κ2) is 5.36. The lowest BCUT2D eigenvalue weighted by molar-refractivity contribution is -0.384. The standard InChI is InChI=1S/C13H17N3O3/c1-2-15-12(17)8-7-11(14)13(15)9-3-5-10(6-4-9)16(18)19/h3-6,11,13H,2,7-8,14H2,1H3. The van der Waals surface area contributed by atoms with Crippen LogP contribution in [-0.4, -0.2) is 28.3 Å². The Kier molecular flexibility index (Phi) is 3.80. The van der Waals surface area contributed by atoms with Gasteiger partial charge >= 0.3 is 0 Å². The molecule has 2 rings (SSSR count). The van der Waals surface area contributed by atoms with Crippen molar-refractivity contribution in [3.63, 3.8) is 0 Å². The third-order valence-corrected chi connectivity index (χ3v) is 3.54. The molecule has 2 atom stereocenters. The summed E-state index contributed by atoms with van der Waals surface area (Å²) in [6.07, 6.45) is 1.12. The molecule has 6 nitrogen and oxygen atoms in total. The van der Waals surface area contributed by atoms with Crippen molar-refractivity contribution >= 4 is 11.6 Å². The van der Waals surface area contributed by atoms with E-state index in [2.05, 4.69) is 0 Å². The van der Waals surface area contributed by atoms with Crippen LogP contribution >= 0.6 is 0 Å². The molecule has 1 aromatic rings. The number of likely N-dealkylation sites (N-methyl/N-ethyl adjacent to an activating group) is 1. The lowest BCUT2D eigenvalue weighted by Gasteiger charge is -2.39. The van der Waals surface area contributed by atoms with E-state index in [1.807, 2.05) is 6.92 Å². The maximum Gasteiger partial charge on any atom is 0.269 e. The van der Waals surface area contributed by atoms with Crippen molar-refractivity contribution in [3.8, 4) is 0 Å². The summed E-state index contributed by atoms with van der Waals surface area (Å²) < 4.78 is 0. The van der Waals surface area contributed by atoms with Crippen LogP contribution in [0, 0.1) is 10.1 Å². The number of nitro benzene ring substituents is 1. The number of nitrogens with two attached hydrogens (primary N) is 1. The van der Waals surface area contributed by atoms with Crippen LogP contribution in [0.1, 0.15) is 31.4 Å². The number of hydrogen-bond acceptors (Lipinski definition) is 4. The fourth-order valence-corrected chi connectivity index (χ4v) is 2.57. The van der Waals surface area contributed by atoms with E-state index in [-0.39, 0.29) is 23.7 Å². The van der Waals surface area contributed by atoms with Crippen LogP contribution < -0.4 is 5.73 Å². The van der Waals surface area contributed by atoms with E-state index in [9.17, 15) is 14.9 Å². The number of nitrogens with zero attached hydrogens (tertiary/aromatic N) is 2. The Labute approximate surface area is 111 Å². The van der Waals surface area contributed by atoms with Crippen molar-refractivity contribution in [2.24, 2.45) is 5.73 Å². The van der Waals surface area contributed by atoms with Crippen LogP contribution in [0.5, 0.6) is 0 Å². The lowest BCUT2D eigenvalue weighted by atomic mass is 9.90. The molecule has 0 aliphatic carbocycles. The van der Waals surface area contributed by atoms with Crippen LogP contribution in [0.25, 0.3) is 0 Å². The predicted molar refractivity (Wildman–Crippen MR) is 70.4 cm³/mol. The number of carbonyl (C=O) groups is 1. The Hall–Kier alpha value is -1.95. The summed E-state index contributed by atoms with van der Waals surface area (Å²) in [6.45, 7) is 2.50. The van der Waals surface area contributed by atoms with Gasteiger partial charge in [-0.1, -0.05) is 12.1 Å². The first kappa shape index (κ1) is 13.5.